The van der Waals surface area contributed by atoms with Gasteiger partial charge >= 0.3 is 0 Å². The van der Waals surface area contributed by atoms with Gasteiger partial charge in [0.05, 0.1) is 11.4 Å². The van der Waals surface area contributed by atoms with Crippen molar-refractivity contribution in [2.45, 2.75) is 0 Å². The van der Waals surface area contributed by atoms with E-state index in [1.165, 1.54) is 32.3 Å². The number of allylic oxidation sites excluding steroid dienone is 1. The van der Waals surface area contributed by atoms with E-state index >= 15 is 0 Å². The van der Waals surface area contributed by atoms with Crippen LogP contribution in [0.3, 0.4) is 0 Å². The molecule has 0 saturated heterocycles. The Labute approximate surface area is 292 Å². The molecule has 0 radical (unpaired) electrons. The topological polar surface area (TPSA) is 24.7 Å². The first kappa shape index (κ1) is 30.7. The predicted molar refractivity (Wildman–Crippen MR) is 215 cm³/mol. The fraction of sp³-hybridized carbons (Fsp3) is 0. The number of rotatable bonds is 7. The van der Waals surface area contributed by atoms with Crippen molar-refractivity contribution in [3.8, 4) is 22.3 Å². The zero-order chi connectivity index (χ0) is 33.9. The minimum atomic E-state index is 0.568. The van der Waals surface area contributed by atoms with E-state index in [0.717, 1.165) is 44.7 Å². The number of fused-ring (bicyclic) bond motifs is 6. The number of aliphatic imine (C=N–C) groups is 2. The molecule has 236 valence electrons. The second-order valence-corrected chi connectivity index (χ2v) is 12.3. The van der Waals surface area contributed by atoms with Gasteiger partial charge in [0.25, 0.3) is 0 Å². The van der Waals surface area contributed by atoms with E-state index in [1.807, 2.05) is 36.4 Å². The molecule has 0 spiro atoms. The highest BCUT2D eigenvalue weighted by Crippen LogP contribution is 2.37. The Morgan fingerprint density at radius 2 is 0.840 bits per heavy atom. The molecule has 0 fully saturated rings. The van der Waals surface area contributed by atoms with E-state index in [1.54, 1.807) is 6.08 Å². The molecule has 0 aromatic heterocycles. The smallest absolute Gasteiger partial charge is 0.160 e. The zero-order valence-electron chi connectivity index (χ0n) is 27.6. The van der Waals surface area contributed by atoms with E-state index in [2.05, 4.69) is 153 Å². The molecule has 0 N–H and O–H groups in total. The maximum Gasteiger partial charge on any atom is 0.160 e. The number of hydrogen-bond donors (Lipinski definition) is 0. The number of hydrogen-bond acceptors (Lipinski definition) is 1. The molecule has 0 aliphatic heterocycles. The van der Waals surface area contributed by atoms with E-state index < -0.39 is 0 Å². The van der Waals surface area contributed by atoms with Crippen LogP contribution in [0, 0.1) is 0 Å². The van der Waals surface area contributed by atoms with Gasteiger partial charge in [-0.25, -0.2) is 9.98 Å². The predicted octanol–water partition coefficient (Wildman–Crippen LogP) is 12.6. The van der Waals surface area contributed by atoms with Crippen LogP contribution in [0.1, 0.15) is 16.7 Å². The number of benzene rings is 8. The van der Waals surface area contributed by atoms with Crippen LogP contribution in [0.2, 0.25) is 0 Å². The molecular weight excluding hydrogens is 605 g/mol. The third-order valence-corrected chi connectivity index (χ3v) is 9.23. The van der Waals surface area contributed by atoms with Crippen molar-refractivity contribution in [2.75, 3.05) is 0 Å². The monoisotopic (exact) mass is 638 g/mol. The first-order valence-electron chi connectivity index (χ1n) is 16.8. The van der Waals surface area contributed by atoms with Crippen LogP contribution in [-0.4, -0.2) is 11.5 Å². The van der Waals surface area contributed by atoms with Crippen LogP contribution in [0.25, 0.3) is 60.3 Å². The molecular formula is C48H34N2. The Hall–Kier alpha value is -6.64. The normalized spacial score (nSPS) is 12.0. The summed E-state index contributed by atoms with van der Waals surface area (Å²) in [6.07, 6.45) is 1.80. The first-order valence-corrected chi connectivity index (χ1v) is 16.8. The molecule has 8 rings (SSSR count). The summed E-state index contributed by atoms with van der Waals surface area (Å²) in [5.41, 5.74) is 8.64. The summed E-state index contributed by atoms with van der Waals surface area (Å²) in [7, 11) is 0. The number of nitrogens with zero attached hydrogens (tertiary/aromatic N) is 2. The Bertz CT molecular complexity index is 2580. The van der Waals surface area contributed by atoms with Gasteiger partial charge in [0.2, 0.25) is 0 Å². The quantitative estimate of drug-likeness (QED) is 0.0943. The van der Waals surface area contributed by atoms with Gasteiger partial charge in [-0.3, -0.25) is 0 Å². The summed E-state index contributed by atoms with van der Waals surface area (Å²) < 4.78 is 0. The number of amidine groups is 1. The molecule has 2 nitrogen and oxygen atoms in total. The summed E-state index contributed by atoms with van der Waals surface area (Å²) in [5, 5.41) is 7.53. The van der Waals surface area contributed by atoms with Crippen LogP contribution in [0.4, 0.5) is 0 Å². The average Bonchev–Trinajstić information content (AvgIpc) is 3.20. The van der Waals surface area contributed by atoms with Gasteiger partial charge in [-0.2, -0.15) is 0 Å². The lowest BCUT2D eigenvalue weighted by Gasteiger charge is -2.13. The molecule has 8 aromatic carbocycles. The van der Waals surface area contributed by atoms with Gasteiger partial charge < -0.3 is 0 Å². The van der Waals surface area contributed by atoms with Crippen LogP contribution in [0.15, 0.2) is 205 Å². The lowest BCUT2D eigenvalue weighted by molar-refractivity contribution is 1.45. The zero-order valence-corrected chi connectivity index (χ0v) is 27.6. The molecule has 0 amide bonds. The molecule has 2 heteroatoms. The summed E-state index contributed by atoms with van der Waals surface area (Å²) in [5.74, 6) is 0.568. The van der Waals surface area contributed by atoms with Crippen LogP contribution < -0.4 is 0 Å². The lowest BCUT2D eigenvalue weighted by Crippen LogP contribution is -2.05. The van der Waals surface area contributed by atoms with E-state index in [-0.39, 0.29) is 0 Å². The Balaban J connectivity index is 1.26. The van der Waals surface area contributed by atoms with Crippen molar-refractivity contribution in [2.24, 2.45) is 9.98 Å². The van der Waals surface area contributed by atoms with Gasteiger partial charge in [-0.15, -0.1) is 0 Å². The molecule has 50 heavy (non-hydrogen) atoms. The largest absolute Gasteiger partial charge is 0.229 e. The molecule has 0 atom stereocenters. The molecule has 0 aliphatic carbocycles. The second-order valence-electron chi connectivity index (χ2n) is 12.3. The van der Waals surface area contributed by atoms with Crippen molar-refractivity contribution in [3.63, 3.8) is 0 Å². The van der Waals surface area contributed by atoms with Gasteiger partial charge in [-0.1, -0.05) is 171 Å². The standard InChI is InChI=1S/C48H34N2/c1-3-47(39-22-14-20-36(30-39)35-18-8-5-9-19-35)50-48(49-33(2)34-16-6-4-7-17-34)40-23-15-21-37(31-40)38-28-29-45-43-26-11-10-24-41(43)42-25-12-13-27-44(42)46(45)32-38/h3-32H,1-2H2. The van der Waals surface area contributed by atoms with Crippen molar-refractivity contribution in [3.05, 3.63) is 212 Å². The van der Waals surface area contributed by atoms with Crippen molar-refractivity contribution in [1.29, 1.82) is 0 Å². The second kappa shape index (κ2) is 13.5. The van der Waals surface area contributed by atoms with Crippen LogP contribution >= 0.6 is 0 Å². The molecule has 0 aliphatic rings. The molecule has 8 aromatic rings. The summed E-state index contributed by atoms with van der Waals surface area (Å²) in [6.45, 7) is 8.49. The summed E-state index contributed by atoms with van der Waals surface area (Å²) in [4.78, 5) is 10.2. The summed E-state index contributed by atoms with van der Waals surface area (Å²) >= 11 is 0. The molecule has 0 unspecified atom stereocenters. The van der Waals surface area contributed by atoms with E-state index in [0.29, 0.717) is 11.5 Å². The fourth-order valence-electron chi connectivity index (χ4n) is 6.73. The van der Waals surface area contributed by atoms with Gasteiger partial charge in [0.15, 0.2) is 5.84 Å². The third-order valence-electron chi connectivity index (χ3n) is 9.23. The Morgan fingerprint density at radius 1 is 0.380 bits per heavy atom. The van der Waals surface area contributed by atoms with Gasteiger partial charge in [-0.05, 0) is 84.4 Å². The summed E-state index contributed by atoms with van der Waals surface area (Å²) in [6, 6.07) is 61.4. The molecule has 0 bridgehead atoms. The first-order chi connectivity index (χ1) is 24.7. The highest BCUT2D eigenvalue weighted by molar-refractivity contribution is 6.26. The molecule has 0 saturated carbocycles. The highest BCUT2D eigenvalue weighted by Gasteiger charge is 2.13. The molecule has 0 heterocycles. The minimum Gasteiger partial charge on any atom is -0.229 e. The highest BCUT2D eigenvalue weighted by atomic mass is 14.9. The minimum absolute atomic E-state index is 0.568. The Morgan fingerprint density at radius 3 is 1.48 bits per heavy atom. The maximum atomic E-state index is 5.18. The third kappa shape index (κ3) is 5.96. The van der Waals surface area contributed by atoms with Gasteiger partial charge in [0.1, 0.15) is 0 Å². The SMILES string of the molecule is C=CC(=NC(=NC(=C)c1ccccc1)c1cccc(-c2ccc3c4ccccc4c4ccccc4c3c2)c1)c1cccc(-c2ccccc2)c1. The van der Waals surface area contributed by atoms with Crippen LogP contribution in [0.5, 0.6) is 0 Å². The fourth-order valence-corrected chi connectivity index (χ4v) is 6.73. The van der Waals surface area contributed by atoms with E-state index in [9.17, 15) is 0 Å². The average molecular weight is 639 g/mol. The van der Waals surface area contributed by atoms with Crippen LogP contribution in [-0.2, 0) is 0 Å². The van der Waals surface area contributed by atoms with Crippen molar-refractivity contribution < 1.29 is 0 Å². The van der Waals surface area contributed by atoms with Gasteiger partial charge in [0, 0.05) is 11.1 Å². The van der Waals surface area contributed by atoms with Crippen molar-refractivity contribution >= 4 is 49.6 Å². The maximum absolute atomic E-state index is 5.18. The Kier molecular flexibility index (Phi) is 8.26. The lowest BCUT2D eigenvalue weighted by atomic mass is 9.92. The van der Waals surface area contributed by atoms with Crippen molar-refractivity contribution in [1.82, 2.24) is 0 Å². The van der Waals surface area contributed by atoms with E-state index in [4.69, 9.17) is 9.98 Å².